The number of methoxy groups -OCH3 is 1. The van der Waals surface area contributed by atoms with Crippen molar-refractivity contribution >= 4 is 29.3 Å². The Morgan fingerprint density at radius 3 is 2.44 bits per heavy atom. The van der Waals surface area contributed by atoms with Crippen LogP contribution in [-0.4, -0.2) is 42.7 Å². The molecule has 2 aromatic rings. The number of ether oxygens (including phenoxy) is 1. The van der Waals surface area contributed by atoms with Gasteiger partial charge in [0.25, 0.3) is 0 Å². The number of carbonyl (C=O) groups excluding carboxylic acids is 2. The van der Waals surface area contributed by atoms with E-state index in [1.54, 1.807) is 24.1 Å². The third kappa shape index (κ3) is 5.83. The zero-order valence-electron chi connectivity index (χ0n) is 14.4. The lowest BCUT2D eigenvalue weighted by atomic mass is 10.3. The third-order valence-corrected chi connectivity index (χ3v) is 4.55. The van der Waals surface area contributed by atoms with Gasteiger partial charge in [0.2, 0.25) is 11.8 Å². The molecule has 0 radical (unpaired) electrons. The maximum Gasteiger partial charge on any atom is 0.244 e. The van der Waals surface area contributed by atoms with Gasteiger partial charge in [-0.25, -0.2) is 0 Å². The fourth-order valence-electron chi connectivity index (χ4n) is 2.24. The average molecular weight is 358 g/mol. The van der Waals surface area contributed by atoms with E-state index < -0.39 is 0 Å². The van der Waals surface area contributed by atoms with Crippen molar-refractivity contribution in [2.45, 2.75) is 11.8 Å². The standard InChI is InChI=1S/C19H22N2O3S/c1-3-21(19(23)14-25-15-9-5-4-6-10-15)13-18(22)20-16-11-7-8-12-17(16)24-2/h4-12H,3,13-14H2,1-2H3,(H,20,22). The molecule has 0 saturated carbocycles. The van der Waals surface area contributed by atoms with E-state index in [-0.39, 0.29) is 18.4 Å². The highest BCUT2D eigenvalue weighted by Gasteiger charge is 2.16. The minimum Gasteiger partial charge on any atom is -0.495 e. The van der Waals surface area contributed by atoms with Crippen molar-refractivity contribution in [1.82, 2.24) is 4.90 Å². The smallest absolute Gasteiger partial charge is 0.244 e. The van der Waals surface area contributed by atoms with Gasteiger partial charge in [-0.05, 0) is 31.2 Å². The van der Waals surface area contributed by atoms with Crippen molar-refractivity contribution in [1.29, 1.82) is 0 Å². The molecular formula is C19H22N2O3S. The molecular weight excluding hydrogens is 336 g/mol. The zero-order valence-corrected chi connectivity index (χ0v) is 15.2. The summed E-state index contributed by atoms with van der Waals surface area (Å²) in [5.41, 5.74) is 0.595. The Balaban J connectivity index is 1.89. The van der Waals surface area contributed by atoms with Crippen LogP contribution in [0.25, 0.3) is 0 Å². The van der Waals surface area contributed by atoms with Crippen LogP contribution < -0.4 is 10.1 Å². The van der Waals surface area contributed by atoms with Crippen LogP contribution in [0.2, 0.25) is 0 Å². The number of nitrogens with zero attached hydrogens (tertiary/aromatic N) is 1. The molecule has 0 fully saturated rings. The van der Waals surface area contributed by atoms with Crippen LogP contribution in [0.5, 0.6) is 5.75 Å². The van der Waals surface area contributed by atoms with E-state index in [1.807, 2.05) is 49.4 Å². The third-order valence-electron chi connectivity index (χ3n) is 3.56. The Labute approximate surface area is 152 Å². The molecule has 2 rings (SSSR count). The van der Waals surface area contributed by atoms with Gasteiger partial charge in [0.05, 0.1) is 25.1 Å². The van der Waals surface area contributed by atoms with Gasteiger partial charge in [-0.1, -0.05) is 30.3 Å². The van der Waals surface area contributed by atoms with E-state index in [2.05, 4.69) is 5.32 Å². The molecule has 5 nitrogen and oxygen atoms in total. The molecule has 0 aromatic heterocycles. The van der Waals surface area contributed by atoms with Crippen molar-refractivity contribution < 1.29 is 14.3 Å². The van der Waals surface area contributed by atoms with E-state index in [1.165, 1.54) is 11.8 Å². The van der Waals surface area contributed by atoms with E-state index in [9.17, 15) is 9.59 Å². The lowest BCUT2D eigenvalue weighted by Gasteiger charge is -2.20. The molecule has 25 heavy (non-hydrogen) atoms. The summed E-state index contributed by atoms with van der Waals surface area (Å²) in [4.78, 5) is 27.2. The van der Waals surface area contributed by atoms with Gasteiger partial charge >= 0.3 is 0 Å². The Morgan fingerprint density at radius 2 is 1.76 bits per heavy atom. The van der Waals surface area contributed by atoms with Crippen molar-refractivity contribution in [3.8, 4) is 5.75 Å². The Hall–Kier alpha value is -2.47. The van der Waals surface area contributed by atoms with E-state index in [0.29, 0.717) is 23.7 Å². The average Bonchev–Trinajstić information content (AvgIpc) is 2.65. The molecule has 6 heteroatoms. The van der Waals surface area contributed by atoms with Gasteiger partial charge < -0.3 is 15.0 Å². The Bertz CT molecular complexity index is 707. The fourth-order valence-corrected chi connectivity index (χ4v) is 3.06. The van der Waals surface area contributed by atoms with Crippen LogP contribution in [0.3, 0.4) is 0 Å². The van der Waals surface area contributed by atoms with E-state index >= 15 is 0 Å². The first-order valence-electron chi connectivity index (χ1n) is 8.02. The maximum absolute atomic E-state index is 12.4. The quantitative estimate of drug-likeness (QED) is 0.736. The molecule has 0 saturated heterocycles. The summed E-state index contributed by atoms with van der Waals surface area (Å²) < 4.78 is 5.21. The number of rotatable bonds is 8. The molecule has 0 aliphatic rings. The molecule has 0 heterocycles. The monoisotopic (exact) mass is 358 g/mol. The van der Waals surface area contributed by atoms with Gasteiger partial charge in [-0.15, -0.1) is 11.8 Å². The summed E-state index contributed by atoms with van der Waals surface area (Å²) in [6, 6.07) is 16.9. The molecule has 0 atom stereocenters. The summed E-state index contributed by atoms with van der Waals surface area (Å²) in [5.74, 6) is 0.584. The maximum atomic E-state index is 12.4. The fraction of sp³-hybridized carbons (Fsp3) is 0.263. The second kappa shape index (κ2) is 9.74. The van der Waals surface area contributed by atoms with Gasteiger partial charge in [0.1, 0.15) is 5.75 Å². The van der Waals surface area contributed by atoms with Gasteiger partial charge in [-0.3, -0.25) is 9.59 Å². The van der Waals surface area contributed by atoms with Crippen LogP contribution in [0.4, 0.5) is 5.69 Å². The number of anilines is 1. The van der Waals surface area contributed by atoms with Crippen molar-refractivity contribution in [3.63, 3.8) is 0 Å². The van der Waals surface area contributed by atoms with Crippen LogP contribution in [0.15, 0.2) is 59.5 Å². The first-order chi connectivity index (χ1) is 12.1. The van der Waals surface area contributed by atoms with Crippen LogP contribution in [0.1, 0.15) is 6.92 Å². The minimum atomic E-state index is -0.246. The van der Waals surface area contributed by atoms with Crippen molar-refractivity contribution in [2.24, 2.45) is 0 Å². The Morgan fingerprint density at radius 1 is 1.08 bits per heavy atom. The van der Waals surface area contributed by atoms with Gasteiger partial charge in [0, 0.05) is 11.4 Å². The number of hydrogen-bond donors (Lipinski definition) is 1. The van der Waals surface area contributed by atoms with Crippen molar-refractivity contribution in [2.75, 3.05) is 31.3 Å². The van der Waals surface area contributed by atoms with Crippen LogP contribution >= 0.6 is 11.8 Å². The summed E-state index contributed by atoms with van der Waals surface area (Å²) in [7, 11) is 1.55. The molecule has 1 N–H and O–H groups in total. The highest BCUT2D eigenvalue weighted by Crippen LogP contribution is 2.23. The predicted molar refractivity (Wildman–Crippen MR) is 101 cm³/mol. The second-order valence-corrected chi connectivity index (χ2v) is 6.31. The number of likely N-dealkylation sites (N-methyl/N-ethyl adjacent to an activating group) is 1. The number of nitrogens with one attached hydrogen (secondary N) is 1. The molecule has 2 amide bonds. The summed E-state index contributed by atoms with van der Waals surface area (Å²) >= 11 is 1.47. The molecule has 132 valence electrons. The van der Waals surface area contributed by atoms with Crippen LogP contribution in [-0.2, 0) is 9.59 Å². The van der Waals surface area contributed by atoms with Crippen molar-refractivity contribution in [3.05, 3.63) is 54.6 Å². The minimum absolute atomic E-state index is 0.0166. The molecule has 0 aliphatic carbocycles. The van der Waals surface area contributed by atoms with Crippen LogP contribution in [0, 0.1) is 0 Å². The lowest BCUT2D eigenvalue weighted by molar-refractivity contribution is -0.132. The molecule has 2 aromatic carbocycles. The lowest BCUT2D eigenvalue weighted by Crippen LogP contribution is -2.38. The zero-order chi connectivity index (χ0) is 18.1. The first kappa shape index (κ1) is 18.9. The molecule has 0 bridgehead atoms. The summed E-state index contributed by atoms with van der Waals surface area (Å²) in [6.45, 7) is 2.36. The summed E-state index contributed by atoms with van der Waals surface area (Å²) in [5, 5.41) is 2.79. The Kier molecular flexibility index (Phi) is 7.35. The number of para-hydroxylation sites is 2. The highest BCUT2D eigenvalue weighted by atomic mass is 32.2. The number of benzene rings is 2. The SMILES string of the molecule is CCN(CC(=O)Nc1ccccc1OC)C(=O)CSc1ccccc1. The number of thioether (sulfide) groups is 1. The van der Waals surface area contributed by atoms with E-state index in [0.717, 1.165) is 4.90 Å². The summed E-state index contributed by atoms with van der Waals surface area (Å²) in [6.07, 6.45) is 0. The topological polar surface area (TPSA) is 58.6 Å². The highest BCUT2D eigenvalue weighted by molar-refractivity contribution is 8.00. The van der Waals surface area contributed by atoms with E-state index in [4.69, 9.17) is 4.74 Å². The number of carbonyl (C=O) groups is 2. The predicted octanol–water partition coefficient (Wildman–Crippen LogP) is 3.27. The first-order valence-corrected chi connectivity index (χ1v) is 9.01. The van der Waals surface area contributed by atoms with Gasteiger partial charge in [0.15, 0.2) is 0 Å². The molecule has 0 unspecified atom stereocenters. The van der Waals surface area contributed by atoms with Gasteiger partial charge in [-0.2, -0.15) is 0 Å². The molecule has 0 aliphatic heterocycles. The molecule has 0 spiro atoms. The number of hydrogen-bond acceptors (Lipinski definition) is 4. The normalized spacial score (nSPS) is 10.2. The number of amides is 2. The second-order valence-electron chi connectivity index (χ2n) is 5.26. The largest absolute Gasteiger partial charge is 0.495 e.